The maximum atomic E-state index is 12.2. The molecule has 0 saturated heterocycles. The van der Waals surface area contributed by atoms with Gasteiger partial charge in [-0.1, -0.05) is 43.6 Å². The van der Waals surface area contributed by atoms with E-state index < -0.39 is 0 Å². The smallest absolute Gasteiger partial charge is 0.258 e. The first-order valence-corrected chi connectivity index (χ1v) is 8.79. The van der Waals surface area contributed by atoms with Gasteiger partial charge < -0.3 is 15.4 Å². The van der Waals surface area contributed by atoms with E-state index in [1.165, 1.54) is 0 Å². The molecule has 0 radical (unpaired) electrons. The molecule has 2 amide bonds. The van der Waals surface area contributed by atoms with Crippen LogP contribution in [0.5, 0.6) is 5.75 Å². The molecule has 2 aromatic carbocycles. The fraction of sp³-hybridized carbons (Fsp3) is 0.300. The van der Waals surface area contributed by atoms with Crippen LogP contribution in [0.25, 0.3) is 0 Å². The number of anilines is 1. The van der Waals surface area contributed by atoms with Crippen molar-refractivity contribution in [3.8, 4) is 5.75 Å². The van der Waals surface area contributed by atoms with Crippen molar-refractivity contribution in [3.05, 3.63) is 58.6 Å². The summed E-state index contributed by atoms with van der Waals surface area (Å²) in [5.41, 5.74) is 2.86. The van der Waals surface area contributed by atoms with Crippen LogP contribution >= 0.6 is 11.6 Å². The number of amides is 2. The summed E-state index contributed by atoms with van der Waals surface area (Å²) in [5.74, 6) is 0.174. The molecule has 0 saturated carbocycles. The molecule has 0 aliphatic rings. The lowest BCUT2D eigenvalue weighted by molar-refractivity contribution is -0.125. The van der Waals surface area contributed by atoms with Crippen molar-refractivity contribution in [1.82, 2.24) is 5.32 Å². The van der Waals surface area contributed by atoms with Crippen molar-refractivity contribution >= 4 is 29.1 Å². The molecule has 5 nitrogen and oxygen atoms in total. The zero-order valence-corrected chi connectivity index (χ0v) is 15.9. The Morgan fingerprint density at radius 3 is 2.42 bits per heavy atom. The quantitative estimate of drug-likeness (QED) is 0.772. The summed E-state index contributed by atoms with van der Waals surface area (Å²) in [4.78, 5) is 24.0. The summed E-state index contributed by atoms with van der Waals surface area (Å²) >= 11 is 5.79. The first kappa shape index (κ1) is 19.8. The lowest BCUT2D eigenvalue weighted by Gasteiger charge is -2.16. The van der Waals surface area contributed by atoms with E-state index in [2.05, 4.69) is 24.5 Å². The summed E-state index contributed by atoms with van der Waals surface area (Å²) < 4.78 is 5.34. The van der Waals surface area contributed by atoms with Gasteiger partial charge in [-0.15, -0.1) is 0 Å². The summed E-state index contributed by atoms with van der Waals surface area (Å²) in [7, 11) is 0. The summed E-state index contributed by atoms with van der Waals surface area (Å²) in [6, 6.07) is 12.6. The predicted molar refractivity (Wildman–Crippen MR) is 104 cm³/mol. The van der Waals surface area contributed by atoms with Gasteiger partial charge in [0, 0.05) is 10.7 Å². The molecule has 138 valence electrons. The minimum atomic E-state index is -0.371. The highest BCUT2D eigenvalue weighted by Gasteiger charge is 2.13. The van der Waals surface area contributed by atoms with Crippen molar-refractivity contribution in [2.75, 3.05) is 18.5 Å². The Hall–Kier alpha value is -2.53. The molecule has 0 spiro atoms. The van der Waals surface area contributed by atoms with Gasteiger partial charge >= 0.3 is 0 Å². The highest BCUT2D eigenvalue weighted by molar-refractivity contribution is 6.30. The number of hydrogen-bond donors (Lipinski definition) is 2. The van der Waals surface area contributed by atoms with Gasteiger partial charge in [0.2, 0.25) is 5.91 Å². The number of para-hydroxylation sites is 1. The second-order valence-electron chi connectivity index (χ2n) is 6.26. The third kappa shape index (κ3) is 5.77. The van der Waals surface area contributed by atoms with Crippen LogP contribution in [-0.2, 0) is 9.59 Å². The normalized spacial score (nSPS) is 10.5. The average molecular weight is 375 g/mol. The van der Waals surface area contributed by atoms with Crippen LogP contribution in [0.4, 0.5) is 5.69 Å². The number of aryl methyl sites for hydroxylation is 1. The van der Waals surface area contributed by atoms with Crippen LogP contribution in [0.1, 0.15) is 30.9 Å². The van der Waals surface area contributed by atoms with Crippen LogP contribution < -0.4 is 15.4 Å². The first-order valence-electron chi connectivity index (χ1n) is 8.41. The van der Waals surface area contributed by atoms with Gasteiger partial charge in [0.25, 0.3) is 5.91 Å². The van der Waals surface area contributed by atoms with Crippen LogP contribution in [-0.4, -0.2) is 25.0 Å². The number of halogens is 1. The molecule has 26 heavy (non-hydrogen) atoms. The number of hydrogen-bond acceptors (Lipinski definition) is 3. The third-order valence-electron chi connectivity index (χ3n) is 3.82. The van der Waals surface area contributed by atoms with Crippen LogP contribution in [0.3, 0.4) is 0 Å². The fourth-order valence-corrected chi connectivity index (χ4v) is 2.56. The van der Waals surface area contributed by atoms with Gasteiger partial charge in [-0.2, -0.15) is 0 Å². The Morgan fingerprint density at radius 1 is 1.08 bits per heavy atom. The van der Waals surface area contributed by atoms with E-state index in [0.29, 0.717) is 10.8 Å². The average Bonchev–Trinajstić information content (AvgIpc) is 2.61. The van der Waals surface area contributed by atoms with E-state index in [4.69, 9.17) is 16.3 Å². The van der Waals surface area contributed by atoms with Crippen molar-refractivity contribution in [2.24, 2.45) is 0 Å². The molecule has 0 aliphatic heterocycles. The first-order chi connectivity index (χ1) is 12.4. The van der Waals surface area contributed by atoms with Crippen molar-refractivity contribution < 1.29 is 14.3 Å². The molecule has 0 atom stereocenters. The molecule has 2 N–H and O–H groups in total. The second kappa shape index (κ2) is 9.25. The van der Waals surface area contributed by atoms with Crippen molar-refractivity contribution in [3.63, 3.8) is 0 Å². The number of nitrogens with one attached hydrogen (secondary N) is 2. The van der Waals surface area contributed by atoms with Gasteiger partial charge in [-0.3, -0.25) is 9.59 Å². The van der Waals surface area contributed by atoms with E-state index in [9.17, 15) is 9.59 Å². The molecule has 2 rings (SSSR count). The molecule has 0 bridgehead atoms. The molecule has 0 aliphatic carbocycles. The maximum absolute atomic E-state index is 12.2. The van der Waals surface area contributed by atoms with E-state index in [1.807, 2.05) is 25.1 Å². The van der Waals surface area contributed by atoms with Crippen LogP contribution in [0.15, 0.2) is 42.5 Å². The Bertz CT molecular complexity index is 773. The van der Waals surface area contributed by atoms with E-state index in [1.54, 1.807) is 24.3 Å². The molecular weight excluding hydrogens is 352 g/mol. The zero-order chi connectivity index (χ0) is 19.1. The molecule has 0 fully saturated rings. The molecule has 0 heterocycles. The number of carbonyl (C=O) groups is 2. The van der Waals surface area contributed by atoms with Gasteiger partial charge in [0.05, 0.1) is 6.54 Å². The van der Waals surface area contributed by atoms with E-state index in [-0.39, 0.29) is 30.9 Å². The van der Waals surface area contributed by atoms with Gasteiger partial charge in [0.1, 0.15) is 5.75 Å². The summed E-state index contributed by atoms with van der Waals surface area (Å²) in [5, 5.41) is 6.03. The fourth-order valence-electron chi connectivity index (χ4n) is 2.44. The number of ether oxygens (including phenoxy) is 1. The van der Waals surface area contributed by atoms with Crippen LogP contribution in [0.2, 0.25) is 5.02 Å². The SMILES string of the molecule is Cc1cccc(C(C)C)c1NC(=O)CNC(=O)COc1ccc(Cl)cc1. The topological polar surface area (TPSA) is 67.4 Å². The van der Waals surface area contributed by atoms with Crippen molar-refractivity contribution in [1.29, 1.82) is 0 Å². The maximum Gasteiger partial charge on any atom is 0.258 e. The Labute approximate surface area is 158 Å². The van der Waals surface area contributed by atoms with E-state index >= 15 is 0 Å². The van der Waals surface area contributed by atoms with Crippen LogP contribution in [0, 0.1) is 6.92 Å². The third-order valence-corrected chi connectivity index (χ3v) is 4.07. The Balaban J connectivity index is 1.83. The van der Waals surface area contributed by atoms with Gasteiger partial charge in [0.15, 0.2) is 6.61 Å². The Morgan fingerprint density at radius 2 is 1.77 bits per heavy atom. The van der Waals surface area contributed by atoms with Gasteiger partial charge in [-0.05, 0) is 48.2 Å². The highest BCUT2D eigenvalue weighted by Crippen LogP contribution is 2.27. The summed E-state index contributed by atoms with van der Waals surface area (Å²) in [6.45, 7) is 5.80. The monoisotopic (exact) mass is 374 g/mol. The summed E-state index contributed by atoms with van der Waals surface area (Å²) in [6.07, 6.45) is 0. The second-order valence-corrected chi connectivity index (χ2v) is 6.70. The minimum absolute atomic E-state index is 0.116. The largest absolute Gasteiger partial charge is 0.484 e. The van der Waals surface area contributed by atoms with Gasteiger partial charge in [-0.25, -0.2) is 0 Å². The molecule has 6 heteroatoms. The lowest BCUT2D eigenvalue weighted by atomic mass is 9.98. The van der Waals surface area contributed by atoms with E-state index in [0.717, 1.165) is 16.8 Å². The number of rotatable bonds is 7. The van der Waals surface area contributed by atoms with Crippen molar-refractivity contribution in [2.45, 2.75) is 26.7 Å². The standard InChI is InChI=1S/C20H23ClN2O3/c1-13(2)17-6-4-5-14(3)20(17)23-18(24)11-22-19(25)12-26-16-9-7-15(21)8-10-16/h4-10,13H,11-12H2,1-3H3,(H,22,25)(H,23,24). The minimum Gasteiger partial charge on any atom is -0.484 e. The lowest BCUT2D eigenvalue weighted by Crippen LogP contribution is -2.36. The zero-order valence-electron chi connectivity index (χ0n) is 15.1. The molecule has 0 aromatic heterocycles. The molecule has 0 unspecified atom stereocenters. The predicted octanol–water partition coefficient (Wildman–Crippen LogP) is 3.91. The molecule has 2 aromatic rings. The number of benzene rings is 2. The Kier molecular flexibility index (Phi) is 7.04. The highest BCUT2D eigenvalue weighted by atomic mass is 35.5. The number of carbonyl (C=O) groups excluding carboxylic acids is 2. The molecular formula is C20H23ClN2O3.